The zero-order chi connectivity index (χ0) is 13.4. The third kappa shape index (κ3) is 2.10. The van der Waals surface area contributed by atoms with Crippen molar-refractivity contribution in [2.45, 2.75) is 5.92 Å². The van der Waals surface area contributed by atoms with Gasteiger partial charge in [0.05, 0.1) is 0 Å². The fraction of sp³-hybridized carbons (Fsp3) is 0.250. The minimum absolute atomic E-state index is 0.137. The zero-order valence-electron chi connectivity index (χ0n) is 9.97. The van der Waals surface area contributed by atoms with Crippen LogP contribution in [0.15, 0.2) is 34.0 Å². The maximum absolute atomic E-state index is 12.0. The fourth-order valence-corrected chi connectivity index (χ4v) is 2.15. The highest BCUT2D eigenvalue weighted by atomic mass is 16.2. The number of aromatic amines is 3. The standard InChI is InChI=1S/C12H12N4O3/c17-8-1-2-13-10(3-8)12(19)16-5-7(6-16)9-4-11(18)15-14-9/h1-4,7H,5-6H2,(H,13,17)(H2,14,15,18). The molecule has 0 atom stereocenters. The number of nitrogens with one attached hydrogen (secondary N) is 3. The Hall–Kier alpha value is -2.57. The molecule has 1 saturated heterocycles. The van der Waals surface area contributed by atoms with Crippen LogP contribution in [0.25, 0.3) is 0 Å². The number of likely N-dealkylation sites (tertiary alicyclic amines) is 1. The van der Waals surface area contributed by atoms with E-state index in [-0.39, 0.29) is 28.5 Å². The van der Waals surface area contributed by atoms with Gasteiger partial charge in [-0.3, -0.25) is 19.5 Å². The highest BCUT2D eigenvalue weighted by Gasteiger charge is 2.33. The van der Waals surface area contributed by atoms with E-state index in [0.717, 1.165) is 5.69 Å². The van der Waals surface area contributed by atoms with Crippen LogP contribution in [0.5, 0.6) is 0 Å². The van der Waals surface area contributed by atoms with E-state index >= 15 is 0 Å². The summed E-state index contributed by atoms with van der Waals surface area (Å²) < 4.78 is 0. The monoisotopic (exact) mass is 260 g/mol. The number of nitrogens with zero attached hydrogens (tertiary/aromatic N) is 1. The number of amides is 1. The van der Waals surface area contributed by atoms with Gasteiger partial charge < -0.3 is 15.0 Å². The van der Waals surface area contributed by atoms with E-state index in [2.05, 4.69) is 15.2 Å². The Morgan fingerprint density at radius 1 is 1.21 bits per heavy atom. The van der Waals surface area contributed by atoms with Crippen LogP contribution in [0, 0.1) is 0 Å². The van der Waals surface area contributed by atoms with Crippen LogP contribution in [-0.2, 0) is 0 Å². The number of carbonyl (C=O) groups is 1. The van der Waals surface area contributed by atoms with Gasteiger partial charge in [0.25, 0.3) is 11.5 Å². The van der Waals surface area contributed by atoms with Crippen LogP contribution in [-0.4, -0.2) is 39.1 Å². The summed E-state index contributed by atoms with van der Waals surface area (Å²) in [4.78, 5) is 38.6. The Bertz CT molecular complexity index is 721. The predicted molar refractivity (Wildman–Crippen MR) is 67.1 cm³/mol. The van der Waals surface area contributed by atoms with Crippen molar-refractivity contribution in [3.05, 3.63) is 56.4 Å². The summed E-state index contributed by atoms with van der Waals surface area (Å²) in [6, 6.07) is 4.14. The summed E-state index contributed by atoms with van der Waals surface area (Å²) in [5.41, 5.74) is 0.713. The summed E-state index contributed by atoms with van der Waals surface area (Å²) >= 11 is 0. The zero-order valence-corrected chi connectivity index (χ0v) is 9.97. The first-order chi connectivity index (χ1) is 9.13. The molecule has 0 aliphatic carbocycles. The van der Waals surface area contributed by atoms with Crippen molar-refractivity contribution in [1.29, 1.82) is 0 Å². The fourth-order valence-electron chi connectivity index (χ4n) is 2.15. The molecule has 7 nitrogen and oxygen atoms in total. The van der Waals surface area contributed by atoms with Crippen molar-refractivity contribution in [3.8, 4) is 0 Å². The van der Waals surface area contributed by atoms with Crippen LogP contribution in [0.4, 0.5) is 0 Å². The lowest BCUT2D eigenvalue weighted by Crippen LogP contribution is -2.49. The minimum atomic E-state index is -0.202. The molecule has 0 saturated carbocycles. The normalized spacial score (nSPS) is 15.3. The maximum atomic E-state index is 12.0. The van der Waals surface area contributed by atoms with E-state index < -0.39 is 0 Å². The molecule has 3 N–H and O–H groups in total. The third-order valence-corrected chi connectivity index (χ3v) is 3.23. The van der Waals surface area contributed by atoms with E-state index in [1.165, 1.54) is 24.4 Å². The lowest BCUT2D eigenvalue weighted by Gasteiger charge is -2.38. The molecule has 0 spiro atoms. The van der Waals surface area contributed by atoms with E-state index in [1.54, 1.807) is 4.90 Å². The van der Waals surface area contributed by atoms with Crippen molar-refractivity contribution >= 4 is 5.91 Å². The van der Waals surface area contributed by atoms with Gasteiger partial charge in [0.1, 0.15) is 5.69 Å². The second kappa shape index (κ2) is 4.27. The third-order valence-electron chi connectivity index (χ3n) is 3.23. The summed E-state index contributed by atoms with van der Waals surface area (Å²) in [6.07, 6.45) is 1.45. The minimum Gasteiger partial charge on any atom is -0.357 e. The molecule has 1 aliphatic rings. The molecule has 3 heterocycles. The van der Waals surface area contributed by atoms with Crippen molar-refractivity contribution in [1.82, 2.24) is 20.1 Å². The number of hydrogen-bond donors (Lipinski definition) is 3. The van der Waals surface area contributed by atoms with Crippen molar-refractivity contribution in [3.63, 3.8) is 0 Å². The second-order valence-corrected chi connectivity index (χ2v) is 4.56. The molecule has 19 heavy (non-hydrogen) atoms. The van der Waals surface area contributed by atoms with Gasteiger partial charge >= 0.3 is 0 Å². The van der Waals surface area contributed by atoms with Gasteiger partial charge in [0.2, 0.25) is 0 Å². The van der Waals surface area contributed by atoms with Crippen LogP contribution < -0.4 is 11.0 Å². The molecule has 0 bridgehead atoms. The molecule has 0 unspecified atom stereocenters. The van der Waals surface area contributed by atoms with Crippen LogP contribution in [0.2, 0.25) is 0 Å². The van der Waals surface area contributed by atoms with Gasteiger partial charge in [-0.15, -0.1) is 0 Å². The summed E-state index contributed by atoms with van der Waals surface area (Å²) in [5, 5.41) is 5.25. The van der Waals surface area contributed by atoms with Gasteiger partial charge in [0, 0.05) is 49.1 Å². The van der Waals surface area contributed by atoms with Crippen LogP contribution in [0.1, 0.15) is 22.1 Å². The maximum Gasteiger partial charge on any atom is 0.270 e. The van der Waals surface area contributed by atoms with E-state index in [1.807, 2.05) is 0 Å². The summed E-state index contributed by atoms with van der Waals surface area (Å²) in [7, 11) is 0. The highest BCUT2D eigenvalue weighted by Crippen LogP contribution is 2.25. The Balaban J connectivity index is 1.69. The number of rotatable bonds is 2. The van der Waals surface area contributed by atoms with Crippen LogP contribution >= 0.6 is 0 Å². The van der Waals surface area contributed by atoms with Crippen LogP contribution in [0.3, 0.4) is 0 Å². The van der Waals surface area contributed by atoms with Crippen molar-refractivity contribution < 1.29 is 4.79 Å². The molecule has 2 aromatic heterocycles. The lowest BCUT2D eigenvalue weighted by atomic mass is 9.96. The molecule has 0 aromatic carbocycles. The number of H-pyrrole nitrogens is 3. The Morgan fingerprint density at radius 3 is 2.63 bits per heavy atom. The number of aromatic nitrogens is 3. The van der Waals surface area contributed by atoms with Crippen molar-refractivity contribution in [2.24, 2.45) is 0 Å². The summed E-state index contributed by atoms with van der Waals surface area (Å²) in [6.45, 7) is 1.06. The van der Waals surface area contributed by atoms with Gasteiger partial charge in [-0.25, -0.2) is 0 Å². The summed E-state index contributed by atoms with van der Waals surface area (Å²) in [5.74, 6) is -0.0647. The second-order valence-electron chi connectivity index (χ2n) is 4.56. The van der Waals surface area contributed by atoms with E-state index in [4.69, 9.17) is 0 Å². The predicted octanol–water partition coefficient (Wildman–Crippen LogP) is -0.369. The average Bonchev–Trinajstić information content (AvgIpc) is 2.73. The lowest BCUT2D eigenvalue weighted by molar-refractivity contribution is 0.0592. The largest absolute Gasteiger partial charge is 0.357 e. The van der Waals surface area contributed by atoms with Gasteiger partial charge in [-0.05, 0) is 0 Å². The molecule has 2 aromatic rings. The number of pyridine rings is 1. The first kappa shape index (κ1) is 11.5. The highest BCUT2D eigenvalue weighted by molar-refractivity contribution is 5.92. The molecule has 1 amide bonds. The first-order valence-corrected chi connectivity index (χ1v) is 5.89. The molecule has 1 aliphatic heterocycles. The molecule has 3 rings (SSSR count). The topological polar surface area (TPSA) is 102 Å². The Labute approximate surface area is 107 Å². The molecular weight excluding hydrogens is 248 g/mol. The average molecular weight is 260 g/mol. The van der Waals surface area contributed by atoms with Gasteiger partial charge in [-0.1, -0.05) is 0 Å². The quantitative estimate of drug-likeness (QED) is 0.686. The molecular formula is C12H12N4O3. The van der Waals surface area contributed by atoms with E-state index in [0.29, 0.717) is 13.1 Å². The Kier molecular flexibility index (Phi) is 2.59. The van der Waals surface area contributed by atoms with Gasteiger partial charge in [0.15, 0.2) is 5.43 Å². The molecule has 7 heteroatoms. The van der Waals surface area contributed by atoms with E-state index in [9.17, 15) is 14.4 Å². The molecule has 0 radical (unpaired) electrons. The number of hydrogen-bond acceptors (Lipinski definition) is 3. The molecule has 1 fully saturated rings. The number of carbonyl (C=O) groups excluding carboxylic acids is 1. The smallest absolute Gasteiger partial charge is 0.270 e. The molecule has 98 valence electrons. The Morgan fingerprint density at radius 2 is 2.00 bits per heavy atom. The SMILES string of the molecule is O=C(c1cc(=O)cc[nH]1)N1CC(c2cc(=O)[nH][nH]2)C1. The van der Waals surface area contributed by atoms with Crippen molar-refractivity contribution in [2.75, 3.05) is 13.1 Å². The first-order valence-electron chi connectivity index (χ1n) is 5.89. The van der Waals surface area contributed by atoms with Gasteiger partial charge in [-0.2, -0.15) is 0 Å².